The second-order valence-corrected chi connectivity index (χ2v) is 7.55. The van der Waals surface area contributed by atoms with Gasteiger partial charge in [0.1, 0.15) is 17.8 Å². The molecular weight excluding hydrogens is 398 g/mol. The zero-order valence-corrected chi connectivity index (χ0v) is 16.9. The summed E-state index contributed by atoms with van der Waals surface area (Å²) >= 11 is 1.31. The quantitative estimate of drug-likeness (QED) is 0.441. The van der Waals surface area contributed by atoms with Crippen molar-refractivity contribution in [2.24, 2.45) is 0 Å². The third kappa shape index (κ3) is 3.27. The van der Waals surface area contributed by atoms with Crippen LogP contribution in [0.3, 0.4) is 0 Å². The Hall–Kier alpha value is -3.78. The second-order valence-electron chi connectivity index (χ2n) is 6.54. The number of rotatable bonds is 5. The lowest BCUT2D eigenvalue weighted by molar-refractivity contribution is 0.340. The maximum absolute atomic E-state index is 12.6. The Morgan fingerprint density at radius 3 is 2.63 bits per heavy atom. The SMILES string of the molecule is CCOc1ccc(-c2nn(-c3ccccc3)cc2C=c2sc3ncnn3c2=O)cc1. The summed E-state index contributed by atoms with van der Waals surface area (Å²) in [5.41, 5.74) is 3.31. The molecule has 148 valence electrons. The Bertz CT molecular complexity index is 1420. The third-order valence-corrected chi connectivity index (χ3v) is 5.58. The van der Waals surface area contributed by atoms with Gasteiger partial charge in [-0.3, -0.25) is 4.79 Å². The first-order valence-corrected chi connectivity index (χ1v) is 10.3. The standard InChI is InChI=1S/C22H17N5O2S/c1-2-29-18-10-8-15(9-11-18)20-16(13-26(25-20)17-6-4-3-5-7-17)12-19-21(28)27-22(30-19)23-14-24-27/h3-14H,2H2,1H3. The monoisotopic (exact) mass is 415 g/mol. The highest BCUT2D eigenvalue weighted by molar-refractivity contribution is 7.15. The Kier molecular flexibility index (Phi) is 4.61. The molecule has 2 aromatic carbocycles. The maximum Gasteiger partial charge on any atom is 0.291 e. The largest absolute Gasteiger partial charge is 0.494 e. The number of para-hydroxylation sites is 1. The molecule has 0 saturated heterocycles. The first-order valence-electron chi connectivity index (χ1n) is 9.45. The van der Waals surface area contributed by atoms with Crippen LogP contribution in [0.15, 0.2) is 71.9 Å². The van der Waals surface area contributed by atoms with Crippen molar-refractivity contribution in [2.75, 3.05) is 6.61 Å². The average molecular weight is 415 g/mol. The molecule has 0 aliphatic carbocycles. The van der Waals surface area contributed by atoms with E-state index in [1.807, 2.05) is 78.5 Å². The van der Waals surface area contributed by atoms with Crippen LogP contribution in [0, 0.1) is 0 Å². The number of aromatic nitrogens is 5. The van der Waals surface area contributed by atoms with E-state index in [4.69, 9.17) is 9.84 Å². The van der Waals surface area contributed by atoms with Gasteiger partial charge in [0, 0.05) is 17.3 Å². The molecule has 7 nitrogen and oxygen atoms in total. The van der Waals surface area contributed by atoms with E-state index < -0.39 is 0 Å². The predicted molar refractivity (Wildman–Crippen MR) is 116 cm³/mol. The minimum Gasteiger partial charge on any atom is -0.494 e. The topological polar surface area (TPSA) is 74.3 Å². The Morgan fingerprint density at radius 2 is 1.90 bits per heavy atom. The normalized spacial score (nSPS) is 12.0. The summed E-state index contributed by atoms with van der Waals surface area (Å²) in [4.78, 5) is 17.3. The average Bonchev–Trinajstić information content (AvgIpc) is 3.47. The van der Waals surface area contributed by atoms with E-state index in [1.54, 1.807) is 0 Å². The molecule has 0 aliphatic rings. The van der Waals surface area contributed by atoms with Gasteiger partial charge in [-0.05, 0) is 49.4 Å². The van der Waals surface area contributed by atoms with Crippen LogP contribution in [-0.2, 0) is 0 Å². The molecule has 0 saturated carbocycles. The van der Waals surface area contributed by atoms with E-state index in [0.717, 1.165) is 28.3 Å². The smallest absolute Gasteiger partial charge is 0.291 e. The molecule has 0 atom stereocenters. The highest BCUT2D eigenvalue weighted by Gasteiger charge is 2.13. The summed E-state index contributed by atoms with van der Waals surface area (Å²) in [7, 11) is 0. The molecule has 0 unspecified atom stereocenters. The molecule has 0 spiro atoms. The lowest BCUT2D eigenvalue weighted by atomic mass is 10.1. The molecular formula is C22H17N5O2S. The first-order chi connectivity index (χ1) is 14.7. The fourth-order valence-corrected chi connectivity index (χ4v) is 4.10. The summed E-state index contributed by atoms with van der Waals surface area (Å²) in [6, 6.07) is 17.7. The van der Waals surface area contributed by atoms with Gasteiger partial charge in [-0.15, -0.1) is 0 Å². The Balaban J connectivity index is 1.67. The van der Waals surface area contributed by atoms with E-state index in [1.165, 1.54) is 22.2 Å². The van der Waals surface area contributed by atoms with Gasteiger partial charge in [-0.1, -0.05) is 29.5 Å². The fourth-order valence-electron chi connectivity index (χ4n) is 3.22. The van der Waals surface area contributed by atoms with Crippen molar-refractivity contribution in [1.82, 2.24) is 24.4 Å². The van der Waals surface area contributed by atoms with Gasteiger partial charge < -0.3 is 4.74 Å². The molecule has 3 heterocycles. The van der Waals surface area contributed by atoms with Crippen LogP contribution in [0.1, 0.15) is 12.5 Å². The summed E-state index contributed by atoms with van der Waals surface area (Å²) in [5, 5.41) is 8.79. The van der Waals surface area contributed by atoms with Crippen molar-refractivity contribution in [2.45, 2.75) is 6.92 Å². The zero-order valence-electron chi connectivity index (χ0n) is 16.1. The summed E-state index contributed by atoms with van der Waals surface area (Å²) in [6.45, 7) is 2.57. The van der Waals surface area contributed by atoms with Crippen LogP contribution in [0.25, 0.3) is 28.0 Å². The van der Waals surface area contributed by atoms with Crippen LogP contribution >= 0.6 is 11.3 Å². The second kappa shape index (κ2) is 7.57. The van der Waals surface area contributed by atoms with Crippen molar-refractivity contribution < 1.29 is 4.74 Å². The summed E-state index contributed by atoms with van der Waals surface area (Å²) in [5.74, 6) is 0.807. The third-order valence-electron chi connectivity index (χ3n) is 4.61. The zero-order chi connectivity index (χ0) is 20.5. The Morgan fingerprint density at radius 1 is 1.10 bits per heavy atom. The van der Waals surface area contributed by atoms with Crippen molar-refractivity contribution in [3.05, 3.63) is 87.6 Å². The molecule has 0 N–H and O–H groups in total. The highest BCUT2D eigenvalue weighted by atomic mass is 32.1. The number of fused-ring (bicyclic) bond motifs is 1. The molecule has 0 amide bonds. The number of ether oxygens (including phenoxy) is 1. The van der Waals surface area contributed by atoms with E-state index >= 15 is 0 Å². The van der Waals surface area contributed by atoms with Gasteiger partial charge in [0.25, 0.3) is 5.56 Å². The van der Waals surface area contributed by atoms with Gasteiger partial charge in [0.05, 0.1) is 16.8 Å². The lowest BCUT2D eigenvalue weighted by Gasteiger charge is -2.04. The molecule has 0 radical (unpaired) electrons. The minimum absolute atomic E-state index is 0.183. The van der Waals surface area contributed by atoms with E-state index in [2.05, 4.69) is 10.1 Å². The van der Waals surface area contributed by atoms with Crippen molar-refractivity contribution in [3.63, 3.8) is 0 Å². The van der Waals surface area contributed by atoms with Gasteiger partial charge in [0.2, 0.25) is 4.96 Å². The number of hydrogen-bond acceptors (Lipinski definition) is 6. The van der Waals surface area contributed by atoms with Crippen molar-refractivity contribution in [1.29, 1.82) is 0 Å². The number of benzene rings is 2. The molecule has 30 heavy (non-hydrogen) atoms. The van der Waals surface area contributed by atoms with Gasteiger partial charge >= 0.3 is 0 Å². The lowest BCUT2D eigenvalue weighted by Crippen LogP contribution is -2.23. The first kappa shape index (κ1) is 18.3. The molecule has 0 aliphatic heterocycles. The van der Waals surface area contributed by atoms with Crippen LogP contribution in [0.5, 0.6) is 5.75 Å². The van der Waals surface area contributed by atoms with Crippen LogP contribution in [0.4, 0.5) is 0 Å². The van der Waals surface area contributed by atoms with Crippen molar-refractivity contribution >= 4 is 22.4 Å². The van der Waals surface area contributed by atoms with Crippen molar-refractivity contribution in [3.8, 4) is 22.7 Å². The summed E-state index contributed by atoms with van der Waals surface area (Å²) < 4.78 is 9.24. The minimum atomic E-state index is -0.183. The number of thiazole rings is 1. The van der Waals surface area contributed by atoms with Gasteiger partial charge in [-0.25, -0.2) is 9.67 Å². The Labute approximate surface area is 175 Å². The molecule has 0 bridgehead atoms. The van der Waals surface area contributed by atoms with E-state index in [9.17, 15) is 4.79 Å². The van der Waals surface area contributed by atoms with Crippen LogP contribution in [0.2, 0.25) is 0 Å². The predicted octanol–water partition coefficient (Wildman–Crippen LogP) is 2.95. The molecule has 8 heteroatoms. The molecule has 5 aromatic rings. The van der Waals surface area contributed by atoms with Gasteiger partial charge in [0.15, 0.2) is 0 Å². The summed E-state index contributed by atoms with van der Waals surface area (Å²) in [6.07, 6.45) is 5.16. The fraction of sp³-hybridized carbons (Fsp3) is 0.0909. The van der Waals surface area contributed by atoms with Gasteiger partial charge in [-0.2, -0.15) is 14.7 Å². The number of nitrogens with zero attached hydrogens (tertiary/aromatic N) is 5. The van der Waals surface area contributed by atoms with E-state index in [-0.39, 0.29) is 5.56 Å². The molecule has 5 rings (SSSR count). The highest BCUT2D eigenvalue weighted by Crippen LogP contribution is 2.26. The molecule has 3 aromatic heterocycles. The molecule has 0 fully saturated rings. The van der Waals surface area contributed by atoms with Crippen LogP contribution < -0.4 is 14.8 Å². The number of hydrogen-bond donors (Lipinski definition) is 0. The van der Waals surface area contributed by atoms with Crippen LogP contribution in [-0.4, -0.2) is 31.0 Å². The van der Waals surface area contributed by atoms with E-state index in [0.29, 0.717) is 16.1 Å². The maximum atomic E-state index is 12.6.